The van der Waals surface area contributed by atoms with Gasteiger partial charge in [-0.15, -0.1) is 0 Å². The second-order valence-corrected chi connectivity index (χ2v) is 6.29. The minimum atomic E-state index is 0.431. The molecule has 0 aliphatic heterocycles. The second kappa shape index (κ2) is 6.75. The summed E-state index contributed by atoms with van der Waals surface area (Å²) in [5.41, 5.74) is 6.25. The maximum absolute atomic E-state index is 6.25. The summed E-state index contributed by atoms with van der Waals surface area (Å²) in [6.45, 7) is 1.27. The summed E-state index contributed by atoms with van der Waals surface area (Å²) in [5.74, 6) is 1.01. The zero-order valence-electron chi connectivity index (χ0n) is 11.5. The summed E-state index contributed by atoms with van der Waals surface area (Å²) in [7, 11) is 2.29. The second-order valence-electron chi connectivity index (χ2n) is 6.29. The first-order valence-electron chi connectivity index (χ1n) is 7.73. The number of likely N-dealkylation sites (N-methyl/N-ethyl adjacent to an activating group) is 1. The first kappa shape index (κ1) is 13.4. The van der Waals surface area contributed by atoms with E-state index in [4.69, 9.17) is 5.73 Å². The SMILES string of the molecule is CN(CCC1CCCCC1)C1CCCCC1N. The van der Waals surface area contributed by atoms with Gasteiger partial charge in [-0.1, -0.05) is 44.9 Å². The Morgan fingerprint density at radius 3 is 2.29 bits per heavy atom. The van der Waals surface area contributed by atoms with E-state index in [9.17, 15) is 0 Å². The van der Waals surface area contributed by atoms with Gasteiger partial charge < -0.3 is 10.6 Å². The van der Waals surface area contributed by atoms with Crippen molar-refractivity contribution in [3.05, 3.63) is 0 Å². The van der Waals surface area contributed by atoms with E-state index in [1.165, 1.54) is 70.8 Å². The molecule has 0 bridgehead atoms. The first-order chi connectivity index (χ1) is 8.27. The van der Waals surface area contributed by atoms with E-state index < -0.39 is 0 Å². The van der Waals surface area contributed by atoms with Crippen molar-refractivity contribution in [3.8, 4) is 0 Å². The minimum absolute atomic E-state index is 0.431. The van der Waals surface area contributed by atoms with E-state index in [-0.39, 0.29) is 0 Å². The van der Waals surface area contributed by atoms with Crippen molar-refractivity contribution in [2.75, 3.05) is 13.6 Å². The van der Waals surface area contributed by atoms with E-state index in [2.05, 4.69) is 11.9 Å². The van der Waals surface area contributed by atoms with Crippen LogP contribution >= 0.6 is 0 Å². The summed E-state index contributed by atoms with van der Waals surface area (Å²) in [4.78, 5) is 2.55. The van der Waals surface area contributed by atoms with Crippen molar-refractivity contribution in [2.45, 2.75) is 76.3 Å². The molecule has 0 saturated heterocycles. The summed E-state index contributed by atoms with van der Waals surface area (Å²) < 4.78 is 0. The van der Waals surface area contributed by atoms with Gasteiger partial charge in [-0.25, -0.2) is 0 Å². The molecule has 2 atom stereocenters. The Bertz CT molecular complexity index is 211. The van der Waals surface area contributed by atoms with Gasteiger partial charge in [0.25, 0.3) is 0 Å². The number of hydrogen-bond acceptors (Lipinski definition) is 2. The van der Waals surface area contributed by atoms with Crippen LogP contribution in [0.3, 0.4) is 0 Å². The Hall–Kier alpha value is -0.0800. The molecule has 2 unspecified atom stereocenters. The fraction of sp³-hybridized carbons (Fsp3) is 1.00. The Labute approximate surface area is 107 Å². The maximum atomic E-state index is 6.25. The van der Waals surface area contributed by atoms with Crippen molar-refractivity contribution in [1.82, 2.24) is 4.90 Å². The van der Waals surface area contributed by atoms with Gasteiger partial charge in [-0.2, -0.15) is 0 Å². The molecule has 2 rings (SSSR count). The Kier molecular flexibility index (Phi) is 5.30. The minimum Gasteiger partial charge on any atom is -0.326 e. The fourth-order valence-corrected chi connectivity index (χ4v) is 3.72. The van der Waals surface area contributed by atoms with Crippen molar-refractivity contribution in [3.63, 3.8) is 0 Å². The van der Waals surface area contributed by atoms with Crippen molar-refractivity contribution in [1.29, 1.82) is 0 Å². The lowest BCUT2D eigenvalue weighted by atomic mass is 9.86. The molecule has 0 aromatic carbocycles. The quantitative estimate of drug-likeness (QED) is 0.815. The third kappa shape index (κ3) is 3.96. The van der Waals surface area contributed by atoms with E-state index >= 15 is 0 Å². The van der Waals surface area contributed by atoms with Crippen LogP contribution in [0.5, 0.6) is 0 Å². The Balaban J connectivity index is 1.70. The molecule has 2 aliphatic rings. The molecule has 0 radical (unpaired) electrons. The number of rotatable bonds is 4. The third-order valence-corrected chi connectivity index (χ3v) is 4.96. The van der Waals surface area contributed by atoms with Crippen LogP contribution in [-0.2, 0) is 0 Å². The fourth-order valence-electron chi connectivity index (χ4n) is 3.72. The van der Waals surface area contributed by atoms with E-state index in [1.807, 2.05) is 0 Å². The maximum Gasteiger partial charge on any atom is 0.0244 e. The highest BCUT2D eigenvalue weighted by molar-refractivity contribution is 4.84. The lowest BCUT2D eigenvalue weighted by Gasteiger charge is -2.37. The van der Waals surface area contributed by atoms with Crippen LogP contribution in [0.25, 0.3) is 0 Å². The van der Waals surface area contributed by atoms with Gasteiger partial charge >= 0.3 is 0 Å². The molecule has 100 valence electrons. The normalized spacial score (nSPS) is 31.9. The third-order valence-electron chi connectivity index (χ3n) is 4.96. The largest absolute Gasteiger partial charge is 0.326 e. The van der Waals surface area contributed by atoms with E-state index in [1.54, 1.807) is 0 Å². The van der Waals surface area contributed by atoms with Gasteiger partial charge in [0.1, 0.15) is 0 Å². The lowest BCUT2D eigenvalue weighted by molar-refractivity contribution is 0.154. The number of hydrogen-bond donors (Lipinski definition) is 1. The molecule has 2 nitrogen and oxygen atoms in total. The summed E-state index contributed by atoms with van der Waals surface area (Å²) >= 11 is 0. The monoisotopic (exact) mass is 238 g/mol. The zero-order valence-corrected chi connectivity index (χ0v) is 11.5. The predicted molar refractivity (Wildman–Crippen MR) is 74.1 cm³/mol. The van der Waals surface area contributed by atoms with Gasteiger partial charge in [0.05, 0.1) is 0 Å². The smallest absolute Gasteiger partial charge is 0.0244 e. The van der Waals surface area contributed by atoms with Crippen LogP contribution < -0.4 is 5.73 Å². The molecule has 17 heavy (non-hydrogen) atoms. The van der Waals surface area contributed by atoms with Crippen LogP contribution in [0.4, 0.5) is 0 Å². The first-order valence-corrected chi connectivity index (χ1v) is 7.73. The molecule has 2 saturated carbocycles. The van der Waals surface area contributed by atoms with Crippen LogP contribution in [-0.4, -0.2) is 30.6 Å². The highest BCUT2D eigenvalue weighted by Gasteiger charge is 2.25. The molecule has 0 aromatic heterocycles. The Morgan fingerprint density at radius 2 is 1.59 bits per heavy atom. The predicted octanol–water partition coefficient (Wildman–Crippen LogP) is 3.16. The molecule has 0 heterocycles. The van der Waals surface area contributed by atoms with Gasteiger partial charge in [0.2, 0.25) is 0 Å². The van der Waals surface area contributed by atoms with Crippen molar-refractivity contribution < 1.29 is 0 Å². The number of nitrogens with two attached hydrogens (primary N) is 1. The summed E-state index contributed by atoms with van der Waals surface area (Å²) in [6.07, 6.45) is 14.0. The van der Waals surface area contributed by atoms with Crippen LogP contribution in [0.1, 0.15) is 64.2 Å². The molecule has 2 heteroatoms. The molecular weight excluding hydrogens is 208 g/mol. The average Bonchev–Trinajstić information content (AvgIpc) is 2.38. The van der Waals surface area contributed by atoms with Crippen LogP contribution in [0.2, 0.25) is 0 Å². The zero-order chi connectivity index (χ0) is 12.1. The highest BCUT2D eigenvalue weighted by Crippen LogP contribution is 2.27. The molecule has 2 aliphatic carbocycles. The van der Waals surface area contributed by atoms with Gasteiger partial charge in [0, 0.05) is 12.1 Å². The number of nitrogens with zero attached hydrogens (tertiary/aromatic N) is 1. The van der Waals surface area contributed by atoms with E-state index in [0.29, 0.717) is 12.1 Å². The topological polar surface area (TPSA) is 29.3 Å². The summed E-state index contributed by atoms with van der Waals surface area (Å²) in [5, 5.41) is 0. The molecular formula is C15H30N2. The molecule has 0 spiro atoms. The van der Waals surface area contributed by atoms with Gasteiger partial charge in [0.15, 0.2) is 0 Å². The lowest BCUT2D eigenvalue weighted by Crippen LogP contribution is -2.48. The van der Waals surface area contributed by atoms with Gasteiger partial charge in [-0.05, 0) is 38.8 Å². The van der Waals surface area contributed by atoms with Crippen molar-refractivity contribution in [2.24, 2.45) is 11.7 Å². The van der Waals surface area contributed by atoms with Crippen LogP contribution in [0, 0.1) is 5.92 Å². The van der Waals surface area contributed by atoms with Crippen LogP contribution in [0.15, 0.2) is 0 Å². The van der Waals surface area contributed by atoms with E-state index in [0.717, 1.165) is 5.92 Å². The highest BCUT2D eigenvalue weighted by atomic mass is 15.1. The molecule has 0 amide bonds. The average molecular weight is 238 g/mol. The van der Waals surface area contributed by atoms with Gasteiger partial charge in [-0.3, -0.25) is 0 Å². The molecule has 2 fully saturated rings. The molecule has 2 N–H and O–H groups in total. The summed E-state index contributed by atoms with van der Waals surface area (Å²) in [6, 6.07) is 1.09. The Morgan fingerprint density at radius 1 is 0.941 bits per heavy atom. The molecule has 0 aromatic rings. The van der Waals surface area contributed by atoms with Crippen molar-refractivity contribution >= 4 is 0 Å². The standard InChI is InChI=1S/C15H30N2/c1-17(15-10-6-5-9-14(15)16)12-11-13-7-3-2-4-8-13/h13-15H,2-12,16H2,1H3.